The molecule has 1 unspecified atom stereocenters. The van der Waals surface area contributed by atoms with Crippen molar-refractivity contribution >= 4 is 10.9 Å². The smallest absolute Gasteiger partial charge is 0.123 e. The fourth-order valence-corrected chi connectivity index (χ4v) is 2.67. The lowest BCUT2D eigenvalue weighted by molar-refractivity contribution is 0.174. The number of nitrogens with zero attached hydrogens (tertiary/aromatic N) is 2. The standard InChI is InChI=1S/C17H17FN2O/c1-20-17-8-3-2-7-15(17)16(19-20)11-14(21)10-12-5-4-6-13(18)9-12/h2-9,14,21H,10-11H2,1H3. The van der Waals surface area contributed by atoms with Crippen LogP contribution in [-0.4, -0.2) is 21.0 Å². The van der Waals surface area contributed by atoms with E-state index in [1.54, 1.807) is 6.07 Å². The minimum absolute atomic E-state index is 0.275. The lowest BCUT2D eigenvalue weighted by atomic mass is 10.0. The summed E-state index contributed by atoms with van der Waals surface area (Å²) in [6.07, 6.45) is 0.297. The first kappa shape index (κ1) is 13.8. The van der Waals surface area contributed by atoms with Crippen molar-refractivity contribution in [3.63, 3.8) is 0 Å². The largest absolute Gasteiger partial charge is 0.392 e. The maximum absolute atomic E-state index is 13.2. The molecule has 0 aliphatic carbocycles. The Labute approximate surface area is 122 Å². The molecule has 1 atom stereocenters. The Bertz CT molecular complexity index is 766. The third-order valence-electron chi connectivity index (χ3n) is 3.62. The average Bonchev–Trinajstić information content (AvgIpc) is 2.76. The van der Waals surface area contributed by atoms with Gasteiger partial charge < -0.3 is 5.11 Å². The van der Waals surface area contributed by atoms with E-state index in [4.69, 9.17) is 0 Å². The molecule has 1 aromatic heterocycles. The molecule has 0 aliphatic rings. The molecule has 108 valence electrons. The van der Waals surface area contributed by atoms with E-state index in [9.17, 15) is 9.50 Å². The molecule has 3 aromatic rings. The molecule has 4 heteroatoms. The van der Waals surface area contributed by atoms with Crippen LogP contribution in [-0.2, 0) is 19.9 Å². The molecule has 0 aliphatic heterocycles. The monoisotopic (exact) mass is 284 g/mol. The van der Waals surface area contributed by atoms with Crippen molar-refractivity contribution in [2.45, 2.75) is 18.9 Å². The molecule has 21 heavy (non-hydrogen) atoms. The minimum atomic E-state index is -0.579. The van der Waals surface area contributed by atoms with E-state index in [2.05, 4.69) is 5.10 Å². The van der Waals surface area contributed by atoms with Gasteiger partial charge in [-0.05, 0) is 30.2 Å². The second kappa shape index (κ2) is 5.66. The van der Waals surface area contributed by atoms with E-state index < -0.39 is 6.10 Å². The molecule has 3 nitrogen and oxygen atoms in total. The van der Waals surface area contributed by atoms with Crippen molar-refractivity contribution in [1.29, 1.82) is 0 Å². The van der Waals surface area contributed by atoms with E-state index in [1.807, 2.05) is 42.1 Å². The second-order valence-corrected chi connectivity index (χ2v) is 5.28. The number of hydrogen-bond acceptors (Lipinski definition) is 2. The van der Waals surface area contributed by atoms with Crippen LogP contribution in [0.1, 0.15) is 11.3 Å². The molecule has 0 bridgehead atoms. The first-order valence-corrected chi connectivity index (χ1v) is 6.96. The van der Waals surface area contributed by atoms with Crippen LogP contribution in [0.15, 0.2) is 48.5 Å². The van der Waals surface area contributed by atoms with Gasteiger partial charge in [-0.1, -0.05) is 30.3 Å². The number of aromatic nitrogens is 2. The number of fused-ring (bicyclic) bond motifs is 1. The molecule has 3 rings (SSSR count). The fourth-order valence-electron chi connectivity index (χ4n) is 2.67. The third-order valence-corrected chi connectivity index (χ3v) is 3.62. The van der Waals surface area contributed by atoms with Gasteiger partial charge in [0.25, 0.3) is 0 Å². The van der Waals surface area contributed by atoms with Crippen LogP contribution in [0.5, 0.6) is 0 Å². The summed E-state index contributed by atoms with van der Waals surface area (Å²) in [7, 11) is 1.89. The Kier molecular flexibility index (Phi) is 3.71. The van der Waals surface area contributed by atoms with Crippen LogP contribution in [0.3, 0.4) is 0 Å². The van der Waals surface area contributed by atoms with Crippen LogP contribution in [0.25, 0.3) is 10.9 Å². The van der Waals surface area contributed by atoms with Gasteiger partial charge in [0, 0.05) is 18.9 Å². The van der Waals surface area contributed by atoms with Gasteiger partial charge in [-0.25, -0.2) is 4.39 Å². The lowest BCUT2D eigenvalue weighted by Crippen LogP contribution is -2.14. The molecular formula is C17H17FN2O. The maximum atomic E-state index is 13.2. The van der Waals surface area contributed by atoms with Gasteiger partial charge in [-0.15, -0.1) is 0 Å². The van der Waals surface area contributed by atoms with E-state index in [0.717, 1.165) is 22.2 Å². The van der Waals surface area contributed by atoms with Gasteiger partial charge in [-0.3, -0.25) is 4.68 Å². The van der Waals surface area contributed by atoms with E-state index in [-0.39, 0.29) is 5.82 Å². The van der Waals surface area contributed by atoms with Crippen LogP contribution in [0.4, 0.5) is 4.39 Å². The van der Waals surface area contributed by atoms with Crippen molar-refractivity contribution in [1.82, 2.24) is 9.78 Å². The summed E-state index contributed by atoms with van der Waals surface area (Å²) >= 11 is 0. The van der Waals surface area contributed by atoms with Crippen molar-refractivity contribution in [2.24, 2.45) is 7.05 Å². The van der Waals surface area contributed by atoms with Gasteiger partial charge in [0.1, 0.15) is 5.82 Å². The highest BCUT2D eigenvalue weighted by Gasteiger charge is 2.13. The molecule has 2 aromatic carbocycles. The highest BCUT2D eigenvalue weighted by Crippen LogP contribution is 2.19. The highest BCUT2D eigenvalue weighted by molar-refractivity contribution is 5.81. The Morgan fingerprint density at radius 2 is 1.95 bits per heavy atom. The van der Waals surface area contributed by atoms with Gasteiger partial charge in [0.05, 0.1) is 17.3 Å². The summed E-state index contributed by atoms with van der Waals surface area (Å²) in [4.78, 5) is 0. The van der Waals surface area contributed by atoms with Crippen LogP contribution in [0.2, 0.25) is 0 Å². The average molecular weight is 284 g/mol. The number of benzene rings is 2. The molecule has 1 heterocycles. The topological polar surface area (TPSA) is 38.0 Å². The van der Waals surface area contributed by atoms with Gasteiger partial charge in [0.2, 0.25) is 0 Å². The lowest BCUT2D eigenvalue weighted by Gasteiger charge is -2.09. The third kappa shape index (κ3) is 2.95. The maximum Gasteiger partial charge on any atom is 0.123 e. The van der Waals surface area contributed by atoms with Gasteiger partial charge in [-0.2, -0.15) is 5.10 Å². The zero-order valence-corrected chi connectivity index (χ0v) is 11.8. The normalized spacial score (nSPS) is 12.7. The fraction of sp³-hybridized carbons (Fsp3) is 0.235. The second-order valence-electron chi connectivity index (χ2n) is 5.28. The predicted molar refractivity (Wildman–Crippen MR) is 80.5 cm³/mol. The molecule has 0 spiro atoms. The number of hydrogen-bond donors (Lipinski definition) is 1. The van der Waals surface area contributed by atoms with Crippen LogP contribution >= 0.6 is 0 Å². The summed E-state index contributed by atoms with van der Waals surface area (Å²) in [6.45, 7) is 0. The van der Waals surface area contributed by atoms with Crippen molar-refractivity contribution in [3.05, 3.63) is 65.6 Å². The Morgan fingerprint density at radius 1 is 1.14 bits per heavy atom. The Balaban J connectivity index is 1.79. The number of rotatable bonds is 4. The first-order chi connectivity index (χ1) is 10.1. The molecule has 1 N–H and O–H groups in total. The quantitative estimate of drug-likeness (QED) is 0.800. The van der Waals surface area contributed by atoms with Gasteiger partial charge in [0.15, 0.2) is 0 Å². The summed E-state index contributed by atoms with van der Waals surface area (Å²) in [5.74, 6) is -0.275. The molecule has 0 radical (unpaired) electrons. The SMILES string of the molecule is Cn1nc(CC(O)Cc2cccc(F)c2)c2ccccc21. The van der Waals surface area contributed by atoms with Crippen LogP contribution in [0, 0.1) is 5.82 Å². The number of aliphatic hydroxyl groups is 1. The van der Waals surface area contributed by atoms with Crippen molar-refractivity contribution in [3.8, 4) is 0 Å². The predicted octanol–water partition coefficient (Wildman–Crippen LogP) is 2.86. The summed E-state index contributed by atoms with van der Waals surface area (Å²) in [5.41, 5.74) is 2.71. The van der Waals surface area contributed by atoms with Crippen molar-refractivity contribution < 1.29 is 9.50 Å². The molecule has 0 amide bonds. The summed E-state index contributed by atoms with van der Waals surface area (Å²) in [6, 6.07) is 14.3. The van der Waals surface area contributed by atoms with Crippen molar-refractivity contribution in [2.75, 3.05) is 0 Å². The number of aryl methyl sites for hydroxylation is 1. The van der Waals surface area contributed by atoms with E-state index in [0.29, 0.717) is 12.8 Å². The minimum Gasteiger partial charge on any atom is -0.392 e. The van der Waals surface area contributed by atoms with E-state index >= 15 is 0 Å². The number of aliphatic hydroxyl groups excluding tert-OH is 1. The number of para-hydroxylation sites is 1. The first-order valence-electron chi connectivity index (χ1n) is 6.96. The number of halogens is 1. The zero-order chi connectivity index (χ0) is 14.8. The Morgan fingerprint density at radius 3 is 2.76 bits per heavy atom. The summed E-state index contributed by atoms with van der Waals surface area (Å²) in [5, 5.41) is 15.8. The molecule has 0 saturated carbocycles. The molecular weight excluding hydrogens is 267 g/mol. The van der Waals surface area contributed by atoms with Crippen LogP contribution < -0.4 is 0 Å². The van der Waals surface area contributed by atoms with E-state index in [1.165, 1.54) is 12.1 Å². The zero-order valence-electron chi connectivity index (χ0n) is 11.8. The Hall–Kier alpha value is -2.20. The summed E-state index contributed by atoms with van der Waals surface area (Å²) < 4.78 is 15.0. The van der Waals surface area contributed by atoms with Gasteiger partial charge >= 0.3 is 0 Å². The molecule has 0 fully saturated rings. The molecule has 0 saturated heterocycles. The highest BCUT2D eigenvalue weighted by atomic mass is 19.1.